The van der Waals surface area contributed by atoms with E-state index in [9.17, 15) is 14.7 Å². The second-order valence-electron chi connectivity index (χ2n) is 6.25. The van der Waals surface area contributed by atoms with Crippen LogP contribution in [0.25, 0.3) is 0 Å². The molecule has 120 valence electrons. The maximum Gasteiger partial charge on any atom is 0.326 e. The minimum atomic E-state index is -0.902. The number of carbonyl (C=O) groups is 2. The normalized spacial score (nSPS) is 29.1. The molecule has 6 nitrogen and oxygen atoms in total. The SMILES string of the molecule is CCC1CCN(C(=O)C2(CN)CCOCC2)C(C(=O)O)C1. The van der Waals surface area contributed by atoms with Crippen LogP contribution >= 0.6 is 0 Å². The minimum absolute atomic E-state index is 0.0877. The zero-order valence-electron chi connectivity index (χ0n) is 12.7. The number of amides is 1. The molecule has 21 heavy (non-hydrogen) atoms. The second kappa shape index (κ2) is 6.75. The highest BCUT2D eigenvalue weighted by molar-refractivity contribution is 5.88. The first kappa shape index (κ1) is 16.2. The van der Waals surface area contributed by atoms with Gasteiger partial charge in [0.25, 0.3) is 0 Å². The zero-order valence-corrected chi connectivity index (χ0v) is 12.7. The predicted molar refractivity (Wildman–Crippen MR) is 77.7 cm³/mol. The molecule has 2 aliphatic heterocycles. The van der Waals surface area contributed by atoms with Gasteiger partial charge in [0.2, 0.25) is 5.91 Å². The summed E-state index contributed by atoms with van der Waals surface area (Å²) in [7, 11) is 0. The van der Waals surface area contributed by atoms with Crippen LogP contribution in [0.4, 0.5) is 0 Å². The molecule has 2 heterocycles. The Balaban J connectivity index is 2.17. The van der Waals surface area contributed by atoms with Gasteiger partial charge < -0.3 is 20.5 Å². The Morgan fingerprint density at radius 1 is 1.38 bits per heavy atom. The fourth-order valence-electron chi connectivity index (χ4n) is 3.46. The Kier molecular flexibility index (Phi) is 5.22. The third-order valence-corrected chi connectivity index (χ3v) is 5.13. The fraction of sp³-hybridized carbons (Fsp3) is 0.867. The Morgan fingerprint density at radius 2 is 2.05 bits per heavy atom. The summed E-state index contributed by atoms with van der Waals surface area (Å²) in [5.41, 5.74) is 5.24. The lowest BCUT2D eigenvalue weighted by Crippen LogP contribution is -2.57. The van der Waals surface area contributed by atoms with E-state index in [-0.39, 0.29) is 12.5 Å². The van der Waals surface area contributed by atoms with E-state index in [1.54, 1.807) is 4.90 Å². The number of hydrogen-bond acceptors (Lipinski definition) is 4. The minimum Gasteiger partial charge on any atom is -0.480 e. The molecule has 0 saturated carbocycles. The Morgan fingerprint density at radius 3 is 2.57 bits per heavy atom. The van der Waals surface area contributed by atoms with Gasteiger partial charge >= 0.3 is 5.97 Å². The van der Waals surface area contributed by atoms with Crippen molar-refractivity contribution in [3.05, 3.63) is 0 Å². The maximum absolute atomic E-state index is 12.9. The number of hydrogen-bond donors (Lipinski definition) is 2. The van der Waals surface area contributed by atoms with Crippen molar-refractivity contribution in [2.75, 3.05) is 26.3 Å². The van der Waals surface area contributed by atoms with Crippen LogP contribution in [0, 0.1) is 11.3 Å². The monoisotopic (exact) mass is 298 g/mol. The summed E-state index contributed by atoms with van der Waals surface area (Å²) in [6, 6.07) is -0.706. The van der Waals surface area contributed by atoms with E-state index in [2.05, 4.69) is 6.92 Å². The number of nitrogens with zero attached hydrogens (tertiary/aromatic N) is 1. The topological polar surface area (TPSA) is 92.9 Å². The molecule has 0 aromatic heterocycles. The highest BCUT2D eigenvalue weighted by Crippen LogP contribution is 2.35. The van der Waals surface area contributed by atoms with E-state index >= 15 is 0 Å². The molecule has 2 aliphatic rings. The van der Waals surface area contributed by atoms with Crippen LogP contribution in [0.3, 0.4) is 0 Å². The van der Waals surface area contributed by atoms with Crippen molar-refractivity contribution in [2.45, 2.75) is 45.1 Å². The van der Waals surface area contributed by atoms with Gasteiger partial charge in [-0.1, -0.05) is 13.3 Å². The molecular formula is C15H26N2O4. The Bertz CT molecular complexity index is 393. The Hall–Kier alpha value is -1.14. The largest absolute Gasteiger partial charge is 0.480 e. The quantitative estimate of drug-likeness (QED) is 0.802. The van der Waals surface area contributed by atoms with E-state index in [0.717, 1.165) is 12.8 Å². The number of nitrogens with two attached hydrogens (primary N) is 1. The van der Waals surface area contributed by atoms with Crippen molar-refractivity contribution >= 4 is 11.9 Å². The lowest BCUT2D eigenvalue weighted by Gasteiger charge is -2.44. The van der Waals surface area contributed by atoms with Gasteiger partial charge in [0.15, 0.2) is 0 Å². The van der Waals surface area contributed by atoms with Crippen LogP contribution < -0.4 is 5.73 Å². The summed E-state index contributed by atoms with van der Waals surface area (Å²) >= 11 is 0. The van der Waals surface area contributed by atoms with E-state index in [4.69, 9.17) is 10.5 Å². The van der Waals surface area contributed by atoms with Crippen LogP contribution in [0.1, 0.15) is 39.0 Å². The smallest absolute Gasteiger partial charge is 0.326 e. The molecule has 0 aromatic rings. The molecule has 0 aliphatic carbocycles. The van der Waals surface area contributed by atoms with Gasteiger partial charge in [-0.3, -0.25) is 4.79 Å². The molecule has 2 rings (SSSR count). The molecule has 0 bridgehead atoms. The van der Waals surface area contributed by atoms with E-state index < -0.39 is 17.4 Å². The standard InChI is InChI=1S/C15H26N2O4/c1-2-11-3-6-17(12(9-11)13(18)19)14(20)15(10-16)4-7-21-8-5-15/h11-12H,2-10,16H2,1H3,(H,18,19). The average molecular weight is 298 g/mol. The van der Waals surface area contributed by atoms with Crippen LogP contribution in [-0.2, 0) is 14.3 Å². The van der Waals surface area contributed by atoms with Crippen molar-refractivity contribution in [2.24, 2.45) is 17.1 Å². The van der Waals surface area contributed by atoms with E-state index in [0.29, 0.717) is 44.9 Å². The molecule has 2 unspecified atom stereocenters. The summed E-state index contributed by atoms with van der Waals surface area (Å²) in [6.45, 7) is 3.89. The molecule has 0 spiro atoms. The number of carbonyl (C=O) groups excluding carboxylic acids is 1. The first-order chi connectivity index (χ1) is 10.0. The lowest BCUT2D eigenvalue weighted by molar-refractivity contribution is -0.161. The van der Waals surface area contributed by atoms with Gasteiger partial charge in [-0.25, -0.2) is 4.79 Å². The van der Waals surface area contributed by atoms with Gasteiger partial charge in [-0.05, 0) is 31.6 Å². The number of carboxylic acids is 1. The number of aliphatic carboxylic acids is 1. The molecule has 2 saturated heterocycles. The summed E-state index contributed by atoms with van der Waals surface area (Å²) in [5, 5.41) is 9.48. The van der Waals surface area contributed by atoms with Gasteiger partial charge in [0.1, 0.15) is 6.04 Å². The second-order valence-corrected chi connectivity index (χ2v) is 6.25. The van der Waals surface area contributed by atoms with Crippen molar-refractivity contribution < 1.29 is 19.4 Å². The van der Waals surface area contributed by atoms with Crippen molar-refractivity contribution in [3.8, 4) is 0 Å². The van der Waals surface area contributed by atoms with Crippen molar-refractivity contribution in [1.82, 2.24) is 4.90 Å². The van der Waals surface area contributed by atoms with Crippen LogP contribution in [0.2, 0.25) is 0 Å². The zero-order chi connectivity index (χ0) is 15.5. The van der Waals surface area contributed by atoms with Gasteiger partial charge in [0.05, 0.1) is 5.41 Å². The summed E-state index contributed by atoms with van der Waals surface area (Å²) in [5.74, 6) is -0.602. The summed E-state index contributed by atoms with van der Waals surface area (Å²) in [4.78, 5) is 26.1. The molecule has 0 aromatic carbocycles. The molecule has 6 heteroatoms. The number of piperidine rings is 1. The molecule has 2 atom stereocenters. The number of carboxylic acid groups (broad SMARTS) is 1. The lowest BCUT2D eigenvalue weighted by atomic mass is 9.77. The van der Waals surface area contributed by atoms with Crippen LogP contribution in [0.15, 0.2) is 0 Å². The van der Waals surface area contributed by atoms with Crippen LogP contribution in [0.5, 0.6) is 0 Å². The molecule has 3 N–H and O–H groups in total. The predicted octanol–water partition coefficient (Wildman–Crippen LogP) is 0.844. The van der Waals surface area contributed by atoms with Gasteiger partial charge in [-0.15, -0.1) is 0 Å². The Labute approximate surface area is 125 Å². The molecular weight excluding hydrogens is 272 g/mol. The first-order valence-corrected chi connectivity index (χ1v) is 7.85. The highest BCUT2D eigenvalue weighted by Gasteiger charge is 2.46. The van der Waals surface area contributed by atoms with Crippen LogP contribution in [-0.4, -0.2) is 54.2 Å². The van der Waals surface area contributed by atoms with E-state index in [1.165, 1.54) is 0 Å². The summed E-state index contributed by atoms with van der Waals surface area (Å²) < 4.78 is 5.33. The fourth-order valence-corrected chi connectivity index (χ4v) is 3.46. The number of rotatable bonds is 4. The van der Waals surface area contributed by atoms with Gasteiger partial charge in [0, 0.05) is 26.3 Å². The first-order valence-electron chi connectivity index (χ1n) is 7.85. The summed E-state index contributed by atoms with van der Waals surface area (Å²) in [6.07, 6.45) is 3.56. The highest BCUT2D eigenvalue weighted by atomic mass is 16.5. The average Bonchev–Trinajstić information content (AvgIpc) is 2.54. The third kappa shape index (κ3) is 3.21. The van der Waals surface area contributed by atoms with Crippen molar-refractivity contribution in [3.63, 3.8) is 0 Å². The number of likely N-dealkylation sites (tertiary alicyclic amines) is 1. The van der Waals surface area contributed by atoms with E-state index in [1.807, 2.05) is 0 Å². The van der Waals surface area contributed by atoms with Gasteiger partial charge in [-0.2, -0.15) is 0 Å². The molecule has 1 amide bonds. The number of ether oxygens (including phenoxy) is 1. The third-order valence-electron chi connectivity index (χ3n) is 5.13. The maximum atomic E-state index is 12.9. The molecule has 0 radical (unpaired) electrons. The van der Waals surface area contributed by atoms with Crippen molar-refractivity contribution in [1.29, 1.82) is 0 Å². The molecule has 2 fully saturated rings.